The number of carbonyl (C=O) groups excluding carboxylic acids is 1. The monoisotopic (exact) mass is 367 g/mol. The summed E-state index contributed by atoms with van der Waals surface area (Å²) in [6.07, 6.45) is 5.09. The van der Waals surface area contributed by atoms with Crippen LogP contribution in [0.4, 0.5) is 8.78 Å². The summed E-state index contributed by atoms with van der Waals surface area (Å²) in [6, 6.07) is 4.06. The molecular formula is C18H23F2N3OS. The van der Waals surface area contributed by atoms with Gasteiger partial charge in [0, 0.05) is 24.5 Å². The predicted octanol–water partition coefficient (Wildman–Crippen LogP) is 3.54. The second-order valence-corrected chi connectivity index (χ2v) is 7.69. The van der Waals surface area contributed by atoms with Crippen LogP contribution in [-0.4, -0.2) is 36.4 Å². The molecule has 1 amide bonds. The van der Waals surface area contributed by atoms with Gasteiger partial charge >= 0.3 is 0 Å². The van der Waals surface area contributed by atoms with Crippen LogP contribution in [0.2, 0.25) is 0 Å². The molecule has 0 fully saturated rings. The molecule has 0 unspecified atom stereocenters. The van der Waals surface area contributed by atoms with Crippen molar-refractivity contribution in [3.05, 3.63) is 28.3 Å². The largest absolute Gasteiger partial charge is 0.351 e. The minimum absolute atomic E-state index is 0.123. The van der Waals surface area contributed by atoms with E-state index < -0.39 is 5.92 Å². The van der Waals surface area contributed by atoms with E-state index in [0.29, 0.717) is 24.4 Å². The van der Waals surface area contributed by atoms with E-state index in [2.05, 4.69) is 16.7 Å². The van der Waals surface area contributed by atoms with Crippen LogP contribution in [0.15, 0.2) is 12.1 Å². The molecule has 0 saturated carbocycles. The Kier molecular flexibility index (Phi) is 5.64. The number of rotatable bonds is 7. The second-order valence-electron chi connectivity index (χ2n) is 6.66. The first kappa shape index (κ1) is 18.2. The number of carbonyl (C=O) groups is 1. The number of pyridine rings is 1. The number of halogens is 2. The number of hydrogen-bond donors (Lipinski definition) is 2. The van der Waals surface area contributed by atoms with E-state index in [0.717, 1.165) is 30.0 Å². The number of aryl methyl sites for hydroxylation is 2. The van der Waals surface area contributed by atoms with E-state index in [9.17, 15) is 13.6 Å². The summed E-state index contributed by atoms with van der Waals surface area (Å²) in [5.74, 6) is -2.83. The van der Waals surface area contributed by atoms with Crippen molar-refractivity contribution in [3.63, 3.8) is 0 Å². The highest BCUT2D eigenvalue weighted by molar-refractivity contribution is 7.20. The Morgan fingerprint density at radius 3 is 2.88 bits per heavy atom. The Morgan fingerprint density at radius 2 is 2.08 bits per heavy atom. The third-order valence-electron chi connectivity index (χ3n) is 4.26. The SMILES string of the molecule is CC(F)(F)CNCCCNC(=O)c1cc2cc3c(nc2s1)CCCC3. The molecule has 2 aromatic rings. The molecule has 4 nitrogen and oxygen atoms in total. The minimum Gasteiger partial charge on any atom is -0.351 e. The molecule has 25 heavy (non-hydrogen) atoms. The highest BCUT2D eigenvalue weighted by Crippen LogP contribution is 2.29. The first-order chi connectivity index (χ1) is 11.9. The topological polar surface area (TPSA) is 54.0 Å². The normalized spacial score (nSPS) is 14.5. The lowest BCUT2D eigenvalue weighted by Crippen LogP contribution is -2.32. The third kappa shape index (κ3) is 4.95. The number of aromatic nitrogens is 1. The minimum atomic E-state index is -2.70. The summed E-state index contributed by atoms with van der Waals surface area (Å²) in [7, 11) is 0. The summed E-state index contributed by atoms with van der Waals surface area (Å²) in [5.41, 5.74) is 2.48. The maximum absolute atomic E-state index is 12.7. The first-order valence-corrected chi connectivity index (χ1v) is 9.53. The van der Waals surface area contributed by atoms with Crippen molar-refractivity contribution in [3.8, 4) is 0 Å². The average molecular weight is 367 g/mol. The Hall–Kier alpha value is -1.60. The molecular weight excluding hydrogens is 344 g/mol. The Labute approximate surface area is 150 Å². The van der Waals surface area contributed by atoms with Gasteiger partial charge in [-0.3, -0.25) is 4.79 Å². The summed E-state index contributed by atoms with van der Waals surface area (Å²) >= 11 is 1.41. The van der Waals surface area contributed by atoms with Crippen molar-refractivity contribution in [2.45, 2.75) is 45.0 Å². The zero-order valence-corrected chi connectivity index (χ0v) is 15.1. The van der Waals surface area contributed by atoms with Gasteiger partial charge < -0.3 is 10.6 Å². The Balaban J connectivity index is 1.52. The van der Waals surface area contributed by atoms with Crippen molar-refractivity contribution in [2.75, 3.05) is 19.6 Å². The van der Waals surface area contributed by atoms with Crippen LogP contribution in [0.3, 0.4) is 0 Å². The molecule has 0 bridgehead atoms. The van der Waals surface area contributed by atoms with Crippen LogP contribution in [0.25, 0.3) is 10.2 Å². The number of nitrogens with one attached hydrogen (secondary N) is 2. The molecule has 0 radical (unpaired) electrons. The summed E-state index contributed by atoms with van der Waals surface area (Å²) in [4.78, 5) is 18.5. The lowest BCUT2D eigenvalue weighted by Gasteiger charge is -2.13. The highest BCUT2D eigenvalue weighted by atomic mass is 32.1. The molecule has 0 aromatic carbocycles. The zero-order valence-electron chi connectivity index (χ0n) is 14.3. The lowest BCUT2D eigenvalue weighted by atomic mass is 9.96. The summed E-state index contributed by atoms with van der Waals surface area (Å²) in [5, 5.41) is 6.56. The summed E-state index contributed by atoms with van der Waals surface area (Å²) < 4.78 is 25.3. The number of fused-ring (bicyclic) bond motifs is 2. The van der Waals surface area contributed by atoms with Crippen molar-refractivity contribution in [1.29, 1.82) is 0 Å². The van der Waals surface area contributed by atoms with E-state index in [1.54, 1.807) is 0 Å². The molecule has 2 aromatic heterocycles. The Morgan fingerprint density at radius 1 is 1.28 bits per heavy atom. The molecule has 136 valence electrons. The van der Waals surface area contributed by atoms with Gasteiger partial charge in [0.05, 0.1) is 11.4 Å². The average Bonchev–Trinajstić information content (AvgIpc) is 2.97. The molecule has 0 aliphatic heterocycles. The van der Waals surface area contributed by atoms with Crippen LogP contribution >= 0.6 is 11.3 Å². The van der Waals surface area contributed by atoms with Crippen LogP contribution in [0.5, 0.6) is 0 Å². The van der Waals surface area contributed by atoms with Crippen molar-refractivity contribution >= 4 is 27.5 Å². The summed E-state index contributed by atoms with van der Waals surface area (Å²) in [6.45, 7) is 1.45. The third-order valence-corrected chi connectivity index (χ3v) is 5.31. The molecule has 3 rings (SSSR count). The van der Waals surface area contributed by atoms with Crippen LogP contribution in [0, 0.1) is 0 Å². The standard InChI is InChI=1S/C18H23F2N3OS/c1-18(19,20)11-21-7-4-8-22-16(24)15-10-13-9-12-5-2-3-6-14(12)23-17(13)25-15/h9-10,21H,2-8,11H2,1H3,(H,22,24). The number of hydrogen-bond acceptors (Lipinski definition) is 4. The van der Waals surface area contributed by atoms with E-state index in [1.807, 2.05) is 6.07 Å². The van der Waals surface area contributed by atoms with Crippen molar-refractivity contribution in [2.24, 2.45) is 0 Å². The van der Waals surface area contributed by atoms with E-state index in [4.69, 9.17) is 4.98 Å². The van der Waals surface area contributed by atoms with Gasteiger partial charge in [-0.2, -0.15) is 0 Å². The Bertz CT molecular complexity index is 712. The fourth-order valence-electron chi connectivity index (χ4n) is 3.01. The number of nitrogens with zero attached hydrogens (tertiary/aromatic N) is 1. The van der Waals surface area contributed by atoms with E-state index >= 15 is 0 Å². The van der Waals surface area contributed by atoms with Crippen molar-refractivity contribution in [1.82, 2.24) is 15.6 Å². The number of thiophene rings is 1. The smallest absolute Gasteiger partial charge is 0.261 e. The highest BCUT2D eigenvalue weighted by Gasteiger charge is 2.19. The van der Waals surface area contributed by atoms with Gasteiger partial charge in [-0.15, -0.1) is 11.3 Å². The quantitative estimate of drug-likeness (QED) is 0.736. The maximum atomic E-state index is 12.7. The maximum Gasteiger partial charge on any atom is 0.261 e. The second kappa shape index (κ2) is 7.74. The van der Waals surface area contributed by atoms with Gasteiger partial charge in [-0.25, -0.2) is 13.8 Å². The fraction of sp³-hybridized carbons (Fsp3) is 0.556. The van der Waals surface area contributed by atoms with Gasteiger partial charge in [0.25, 0.3) is 11.8 Å². The molecule has 2 heterocycles. The van der Waals surface area contributed by atoms with Gasteiger partial charge in [0.2, 0.25) is 0 Å². The fourth-order valence-corrected chi connectivity index (χ4v) is 3.97. The predicted molar refractivity (Wildman–Crippen MR) is 96.7 cm³/mol. The van der Waals surface area contributed by atoms with E-state index in [1.165, 1.54) is 35.4 Å². The molecule has 7 heteroatoms. The van der Waals surface area contributed by atoms with Gasteiger partial charge in [-0.05, 0) is 56.3 Å². The molecule has 1 aliphatic carbocycles. The molecule has 2 N–H and O–H groups in total. The number of amides is 1. The molecule has 1 aliphatic rings. The van der Waals surface area contributed by atoms with Crippen LogP contribution in [0.1, 0.15) is 47.1 Å². The van der Waals surface area contributed by atoms with Gasteiger partial charge in [0.1, 0.15) is 4.83 Å². The van der Waals surface area contributed by atoms with Gasteiger partial charge in [-0.1, -0.05) is 0 Å². The molecule has 0 saturated heterocycles. The van der Waals surface area contributed by atoms with Crippen molar-refractivity contribution < 1.29 is 13.6 Å². The van der Waals surface area contributed by atoms with Crippen LogP contribution in [-0.2, 0) is 12.8 Å². The van der Waals surface area contributed by atoms with E-state index in [-0.39, 0.29) is 12.5 Å². The van der Waals surface area contributed by atoms with Gasteiger partial charge in [0.15, 0.2) is 0 Å². The number of alkyl halides is 2. The van der Waals surface area contributed by atoms with Crippen LogP contribution < -0.4 is 10.6 Å². The molecule has 0 atom stereocenters. The zero-order chi connectivity index (χ0) is 17.9. The first-order valence-electron chi connectivity index (χ1n) is 8.71. The molecule has 0 spiro atoms. The lowest BCUT2D eigenvalue weighted by molar-refractivity contribution is 0.0228.